The standard InChI is InChI=1S/C9H18N2O3/c1-3-9(2,10)8(14)11-4-6(12)7(13)5-11/h6-7,12-13H,3-5,10H2,1-2H3/t6-,7+,9?. The lowest BCUT2D eigenvalue weighted by atomic mass is 9.99. The van der Waals surface area contributed by atoms with E-state index >= 15 is 0 Å². The van der Waals surface area contributed by atoms with Gasteiger partial charge in [0, 0.05) is 13.1 Å². The highest BCUT2D eigenvalue weighted by molar-refractivity contribution is 5.86. The van der Waals surface area contributed by atoms with Crippen molar-refractivity contribution >= 4 is 5.91 Å². The number of carbonyl (C=O) groups is 1. The van der Waals surface area contributed by atoms with Crippen LogP contribution in [0.5, 0.6) is 0 Å². The molecule has 0 saturated carbocycles. The Hall–Kier alpha value is -0.650. The van der Waals surface area contributed by atoms with E-state index in [1.165, 1.54) is 4.90 Å². The molecule has 5 nitrogen and oxygen atoms in total. The fraction of sp³-hybridized carbons (Fsp3) is 0.889. The minimum absolute atomic E-state index is 0.173. The molecule has 0 radical (unpaired) electrons. The maximum Gasteiger partial charge on any atom is 0.242 e. The monoisotopic (exact) mass is 202 g/mol. The predicted octanol–water partition coefficient (Wildman–Crippen LogP) is -1.32. The average Bonchev–Trinajstić information content (AvgIpc) is 2.45. The first-order valence-corrected chi connectivity index (χ1v) is 4.83. The summed E-state index contributed by atoms with van der Waals surface area (Å²) in [6.07, 6.45) is -1.15. The first-order chi connectivity index (χ1) is 6.38. The molecular formula is C9H18N2O3. The zero-order valence-electron chi connectivity index (χ0n) is 8.60. The van der Waals surface area contributed by atoms with Gasteiger partial charge in [0.2, 0.25) is 5.91 Å². The zero-order chi connectivity index (χ0) is 10.9. The fourth-order valence-electron chi connectivity index (χ4n) is 1.45. The van der Waals surface area contributed by atoms with Gasteiger partial charge in [0.1, 0.15) is 0 Å². The maximum atomic E-state index is 11.8. The number of likely N-dealkylation sites (tertiary alicyclic amines) is 1. The summed E-state index contributed by atoms with van der Waals surface area (Å²) < 4.78 is 0. The highest BCUT2D eigenvalue weighted by Crippen LogP contribution is 2.16. The van der Waals surface area contributed by atoms with Crippen LogP contribution in [0.1, 0.15) is 20.3 Å². The quantitative estimate of drug-likeness (QED) is 0.518. The van der Waals surface area contributed by atoms with Crippen LogP contribution >= 0.6 is 0 Å². The molecule has 1 unspecified atom stereocenters. The van der Waals surface area contributed by atoms with Gasteiger partial charge >= 0.3 is 0 Å². The molecule has 1 saturated heterocycles. The van der Waals surface area contributed by atoms with Crippen LogP contribution in [0.2, 0.25) is 0 Å². The lowest BCUT2D eigenvalue weighted by molar-refractivity contribution is -0.136. The van der Waals surface area contributed by atoms with E-state index in [4.69, 9.17) is 5.73 Å². The summed E-state index contributed by atoms with van der Waals surface area (Å²) >= 11 is 0. The maximum absolute atomic E-state index is 11.8. The van der Waals surface area contributed by atoms with E-state index in [0.717, 1.165) is 0 Å². The predicted molar refractivity (Wildman–Crippen MR) is 51.5 cm³/mol. The summed E-state index contributed by atoms with van der Waals surface area (Å²) in [4.78, 5) is 13.2. The van der Waals surface area contributed by atoms with Crippen LogP contribution in [0.4, 0.5) is 0 Å². The van der Waals surface area contributed by atoms with E-state index in [9.17, 15) is 15.0 Å². The molecule has 5 heteroatoms. The summed E-state index contributed by atoms with van der Waals surface area (Å²) in [7, 11) is 0. The van der Waals surface area contributed by atoms with Crippen molar-refractivity contribution in [2.24, 2.45) is 5.73 Å². The molecule has 1 aliphatic heterocycles. The van der Waals surface area contributed by atoms with Gasteiger partial charge in [0.25, 0.3) is 0 Å². The van der Waals surface area contributed by atoms with Crippen LogP contribution < -0.4 is 5.73 Å². The number of rotatable bonds is 2. The number of aliphatic hydroxyl groups excluding tert-OH is 2. The van der Waals surface area contributed by atoms with Crippen molar-refractivity contribution in [1.29, 1.82) is 0 Å². The molecule has 1 aliphatic rings. The minimum Gasteiger partial charge on any atom is -0.388 e. The molecule has 1 fully saturated rings. The largest absolute Gasteiger partial charge is 0.388 e. The van der Waals surface area contributed by atoms with Crippen molar-refractivity contribution in [2.75, 3.05) is 13.1 Å². The Morgan fingerprint density at radius 1 is 1.50 bits per heavy atom. The van der Waals surface area contributed by atoms with E-state index < -0.39 is 17.7 Å². The van der Waals surface area contributed by atoms with Crippen LogP contribution in [-0.2, 0) is 4.79 Å². The minimum atomic E-state index is -0.899. The normalized spacial score (nSPS) is 31.6. The molecule has 1 heterocycles. The van der Waals surface area contributed by atoms with Crippen LogP contribution in [0.25, 0.3) is 0 Å². The molecule has 0 aromatic rings. The van der Waals surface area contributed by atoms with Gasteiger partial charge < -0.3 is 20.8 Å². The topological polar surface area (TPSA) is 86.8 Å². The molecule has 1 amide bonds. The number of hydrogen-bond donors (Lipinski definition) is 3. The molecular weight excluding hydrogens is 184 g/mol. The van der Waals surface area contributed by atoms with Crippen molar-refractivity contribution in [3.63, 3.8) is 0 Å². The first kappa shape index (κ1) is 11.4. The van der Waals surface area contributed by atoms with Crippen molar-refractivity contribution in [3.05, 3.63) is 0 Å². The number of amides is 1. The van der Waals surface area contributed by atoms with Gasteiger partial charge in [-0.05, 0) is 13.3 Å². The smallest absolute Gasteiger partial charge is 0.242 e. The number of carbonyl (C=O) groups excluding carboxylic acids is 1. The molecule has 0 aromatic heterocycles. The van der Waals surface area contributed by atoms with Crippen LogP contribution in [0.15, 0.2) is 0 Å². The molecule has 14 heavy (non-hydrogen) atoms. The van der Waals surface area contributed by atoms with Gasteiger partial charge in [0.15, 0.2) is 0 Å². The average molecular weight is 202 g/mol. The molecule has 0 aromatic carbocycles. The molecule has 4 N–H and O–H groups in total. The number of nitrogens with zero attached hydrogens (tertiary/aromatic N) is 1. The lowest BCUT2D eigenvalue weighted by Gasteiger charge is -2.27. The zero-order valence-corrected chi connectivity index (χ0v) is 8.60. The van der Waals surface area contributed by atoms with E-state index in [1.807, 2.05) is 6.92 Å². The lowest BCUT2D eigenvalue weighted by Crippen LogP contribution is -2.52. The Kier molecular flexibility index (Phi) is 3.14. The van der Waals surface area contributed by atoms with Crippen LogP contribution in [0.3, 0.4) is 0 Å². The number of aliphatic hydroxyl groups is 2. The van der Waals surface area contributed by atoms with Crippen molar-refractivity contribution in [3.8, 4) is 0 Å². The van der Waals surface area contributed by atoms with Crippen molar-refractivity contribution in [1.82, 2.24) is 4.90 Å². The third-order valence-electron chi connectivity index (χ3n) is 2.77. The third kappa shape index (κ3) is 2.05. The van der Waals surface area contributed by atoms with E-state index in [-0.39, 0.29) is 19.0 Å². The molecule has 1 rings (SSSR count). The van der Waals surface area contributed by atoms with E-state index in [1.54, 1.807) is 6.92 Å². The van der Waals surface area contributed by atoms with Gasteiger partial charge in [-0.2, -0.15) is 0 Å². The summed E-state index contributed by atoms with van der Waals surface area (Å²) in [5, 5.41) is 18.5. The van der Waals surface area contributed by atoms with Gasteiger partial charge in [-0.25, -0.2) is 0 Å². The molecule has 0 spiro atoms. The number of hydrogen-bond acceptors (Lipinski definition) is 4. The highest BCUT2D eigenvalue weighted by atomic mass is 16.3. The summed E-state index contributed by atoms with van der Waals surface area (Å²) in [5.41, 5.74) is 4.88. The summed E-state index contributed by atoms with van der Waals surface area (Å²) in [5.74, 6) is -0.212. The van der Waals surface area contributed by atoms with Crippen molar-refractivity contribution < 1.29 is 15.0 Å². The summed E-state index contributed by atoms with van der Waals surface area (Å²) in [6.45, 7) is 3.84. The second-order valence-electron chi connectivity index (χ2n) is 4.12. The molecule has 0 bridgehead atoms. The Labute approximate surface area is 83.5 Å². The van der Waals surface area contributed by atoms with Gasteiger partial charge in [-0.3, -0.25) is 4.79 Å². The third-order valence-corrected chi connectivity index (χ3v) is 2.77. The molecule has 82 valence electrons. The van der Waals surface area contributed by atoms with Gasteiger partial charge in [-0.15, -0.1) is 0 Å². The summed E-state index contributed by atoms with van der Waals surface area (Å²) in [6, 6.07) is 0. The first-order valence-electron chi connectivity index (χ1n) is 4.83. The van der Waals surface area contributed by atoms with Crippen LogP contribution in [0, 0.1) is 0 Å². The highest BCUT2D eigenvalue weighted by Gasteiger charge is 2.38. The molecule has 0 aliphatic carbocycles. The van der Waals surface area contributed by atoms with Crippen LogP contribution in [-0.4, -0.2) is 51.9 Å². The van der Waals surface area contributed by atoms with Gasteiger partial charge in [-0.1, -0.05) is 6.92 Å². The second-order valence-corrected chi connectivity index (χ2v) is 4.12. The second kappa shape index (κ2) is 3.84. The van der Waals surface area contributed by atoms with Gasteiger partial charge in [0.05, 0.1) is 17.7 Å². The number of nitrogens with two attached hydrogens (primary N) is 1. The Morgan fingerprint density at radius 2 is 1.93 bits per heavy atom. The Balaban J connectivity index is 2.64. The van der Waals surface area contributed by atoms with E-state index in [2.05, 4.69) is 0 Å². The fourth-order valence-corrected chi connectivity index (χ4v) is 1.45. The SMILES string of the molecule is CCC(C)(N)C(=O)N1C[C@@H](O)[C@@H](O)C1. The Bertz CT molecular complexity index is 220. The van der Waals surface area contributed by atoms with Crippen molar-refractivity contribution in [2.45, 2.75) is 38.0 Å². The Morgan fingerprint density at radius 3 is 2.29 bits per heavy atom. The number of β-amino-alcohol motifs (C(OH)–C–C–N with tert-alkyl or cyclic N) is 2. The van der Waals surface area contributed by atoms with E-state index in [0.29, 0.717) is 6.42 Å². The molecule has 3 atom stereocenters.